The first-order valence-corrected chi connectivity index (χ1v) is 7.45. The van der Waals surface area contributed by atoms with Crippen LogP contribution in [0.25, 0.3) is 0 Å². The van der Waals surface area contributed by atoms with Crippen molar-refractivity contribution in [2.75, 3.05) is 17.3 Å². The zero-order valence-electron chi connectivity index (χ0n) is 10.6. The van der Waals surface area contributed by atoms with Gasteiger partial charge in [0.25, 0.3) is 0 Å². The first-order valence-electron chi connectivity index (χ1n) is 5.68. The normalized spacial score (nSPS) is 13.1. The molecule has 1 atom stereocenters. The van der Waals surface area contributed by atoms with Crippen molar-refractivity contribution in [3.63, 3.8) is 0 Å². The van der Waals surface area contributed by atoms with Gasteiger partial charge in [-0.3, -0.25) is 4.79 Å². The van der Waals surface area contributed by atoms with E-state index in [2.05, 4.69) is 5.32 Å². The van der Waals surface area contributed by atoms with Crippen LogP contribution in [0.1, 0.15) is 12.0 Å². The lowest BCUT2D eigenvalue weighted by atomic mass is 10.1. The van der Waals surface area contributed by atoms with Gasteiger partial charge in [0.15, 0.2) is 0 Å². The standard InChI is InChI=1S/C12H14ClF3N2OS/c1-20-5-4-10(17)11(19)18-7-2-3-9(13)8(6-7)12(14,15)16/h2-3,6,10H,4-5,17H2,1H3,(H,18,19)/t10-/m1/s1. The minimum atomic E-state index is -4.57. The highest BCUT2D eigenvalue weighted by atomic mass is 35.5. The van der Waals surface area contributed by atoms with E-state index in [0.717, 1.165) is 12.1 Å². The highest BCUT2D eigenvalue weighted by Gasteiger charge is 2.33. The van der Waals surface area contributed by atoms with Crippen molar-refractivity contribution >= 4 is 35.0 Å². The Bertz CT molecular complexity index is 482. The molecule has 20 heavy (non-hydrogen) atoms. The van der Waals surface area contributed by atoms with Gasteiger partial charge in [0, 0.05) is 5.69 Å². The average Bonchev–Trinajstić information content (AvgIpc) is 2.36. The zero-order valence-corrected chi connectivity index (χ0v) is 12.2. The maximum atomic E-state index is 12.7. The van der Waals surface area contributed by atoms with Gasteiger partial charge in [0.05, 0.1) is 16.6 Å². The summed E-state index contributed by atoms with van der Waals surface area (Å²) in [5.74, 6) is 0.178. The number of anilines is 1. The summed E-state index contributed by atoms with van der Waals surface area (Å²) in [5.41, 5.74) is 4.66. The molecule has 0 radical (unpaired) electrons. The summed E-state index contributed by atoms with van der Waals surface area (Å²) in [6.07, 6.45) is -2.25. The molecular formula is C12H14ClF3N2OS. The second-order valence-corrected chi connectivity index (χ2v) is 5.46. The van der Waals surface area contributed by atoms with Crippen LogP contribution in [0.5, 0.6) is 0 Å². The van der Waals surface area contributed by atoms with Crippen molar-refractivity contribution < 1.29 is 18.0 Å². The molecule has 0 aliphatic carbocycles. The Morgan fingerprint density at radius 2 is 2.15 bits per heavy atom. The fourth-order valence-electron chi connectivity index (χ4n) is 1.43. The average molecular weight is 327 g/mol. The van der Waals surface area contributed by atoms with Gasteiger partial charge in [0.1, 0.15) is 0 Å². The van der Waals surface area contributed by atoms with E-state index in [1.165, 1.54) is 17.8 Å². The summed E-state index contributed by atoms with van der Waals surface area (Å²) in [6.45, 7) is 0. The summed E-state index contributed by atoms with van der Waals surface area (Å²) in [5, 5.41) is 1.94. The number of hydrogen-bond acceptors (Lipinski definition) is 3. The molecule has 0 unspecified atom stereocenters. The Morgan fingerprint density at radius 3 is 2.70 bits per heavy atom. The van der Waals surface area contributed by atoms with Crippen LogP contribution in [0.15, 0.2) is 18.2 Å². The summed E-state index contributed by atoms with van der Waals surface area (Å²) >= 11 is 7.02. The molecule has 0 aliphatic heterocycles. The lowest BCUT2D eigenvalue weighted by Crippen LogP contribution is -2.36. The summed E-state index contributed by atoms with van der Waals surface area (Å²) < 4.78 is 38.0. The van der Waals surface area contributed by atoms with E-state index in [1.807, 2.05) is 6.26 Å². The second kappa shape index (κ2) is 7.19. The maximum absolute atomic E-state index is 12.7. The number of carbonyl (C=O) groups is 1. The lowest BCUT2D eigenvalue weighted by Gasteiger charge is -2.14. The monoisotopic (exact) mass is 326 g/mol. The molecule has 0 aromatic heterocycles. The van der Waals surface area contributed by atoms with Crippen molar-refractivity contribution in [3.05, 3.63) is 28.8 Å². The van der Waals surface area contributed by atoms with Crippen LogP contribution in [0.3, 0.4) is 0 Å². The van der Waals surface area contributed by atoms with Crippen LogP contribution >= 0.6 is 23.4 Å². The quantitative estimate of drug-likeness (QED) is 0.872. The molecular weight excluding hydrogens is 313 g/mol. The van der Waals surface area contributed by atoms with Crippen molar-refractivity contribution in [1.82, 2.24) is 0 Å². The Labute approximate surface area is 124 Å². The largest absolute Gasteiger partial charge is 0.417 e. The number of halogens is 4. The number of nitrogens with two attached hydrogens (primary N) is 1. The van der Waals surface area contributed by atoms with Crippen LogP contribution in [-0.2, 0) is 11.0 Å². The SMILES string of the molecule is CSCC[C@@H](N)C(=O)Nc1ccc(Cl)c(C(F)(F)F)c1. The van der Waals surface area contributed by atoms with E-state index in [4.69, 9.17) is 17.3 Å². The van der Waals surface area contributed by atoms with Crippen LogP contribution in [0.4, 0.5) is 18.9 Å². The van der Waals surface area contributed by atoms with Gasteiger partial charge in [-0.1, -0.05) is 11.6 Å². The predicted octanol–water partition coefficient (Wildman–Crippen LogP) is 3.38. The Morgan fingerprint density at radius 1 is 1.50 bits per heavy atom. The van der Waals surface area contributed by atoms with Crippen LogP contribution in [0.2, 0.25) is 5.02 Å². The highest BCUT2D eigenvalue weighted by molar-refractivity contribution is 7.98. The number of hydrogen-bond donors (Lipinski definition) is 2. The number of rotatable bonds is 5. The number of amides is 1. The summed E-state index contributed by atoms with van der Waals surface area (Å²) in [6, 6.07) is 2.43. The molecule has 1 amide bonds. The fraction of sp³-hybridized carbons (Fsp3) is 0.417. The Hall–Kier alpha value is -0.920. The molecule has 0 fully saturated rings. The third-order valence-electron chi connectivity index (χ3n) is 2.51. The van der Waals surface area contributed by atoms with E-state index < -0.39 is 28.7 Å². The molecule has 112 valence electrons. The van der Waals surface area contributed by atoms with Gasteiger partial charge >= 0.3 is 6.18 Å². The van der Waals surface area contributed by atoms with Crippen molar-refractivity contribution in [2.24, 2.45) is 5.73 Å². The molecule has 3 N–H and O–H groups in total. The third-order valence-corrected chi connectivity index (χ3v) is 3.48. The first kappa shape index (κ1) is 17.1. The predicted molar refractivity (Wildman–Crippen MR) is 76.1 cm³/mol. The molecule has 0 heterocycles. The van der Waals surface area contributed by atoms with E-state index in [9.17, 15) is 18.0 Å². The Balaban J connectivity index is 2.81. The third kappa shape index (κ3) is 4.88. The molecule has 0 saturated heterocycles. The van der Waals surface area contributed by atoms with Gasteiger partial charge < -0.3 is 11.1 Å². The number of nitrogens with one attached hydrogen (secondary N) is 1. The minimum Gasteiger partial charge on any atom is -0.325 e. The molecule has 1 rings (SSSR count). The van der Waals surface area contributed by atoms with Crippen LogP contribution in [-0.4, -0.2) is 24.0 Å². The van der Waals surface area contributed by atoms with Crippen molar-refractivity contribution in [2.45, 2.75) is 18.6 Å². The molecule has 0 aliphatic rings. The summed E-state index contributed by atoms with van der Waals surface area (Å²) in [4.78, 5) is 11.7. The van der Waals surface area contributed by atoms with E-state index in [0.29, 0.717) is 12.2 Å². The highest BCUT2D eigenvalue weighted by Crippen LogP contribution is 2.36. The molecule has 0 saturated carbocycles. The van der Waals surface area contributed by atoms with Gasteiger partial charge in [-0.25, -0.2) is 0 Å². The molecule has 1 aromatic rings. The zero-order chi connectivity index (χ0) is 15.3. The molecule has 0 spiro atoms. The smallest absolute Gasteiger partial charge is 0.325 e. The number of alkyl halides is 3. The molecule has 3 nitrogen and oxygen atoms in total. The fourth-order valence-corrected chi connectivity index (χ4v) is 2.15. The van der Waals surface area contributed by atoms with Crippen molar-refractivity contribution in [3.8, 4) is 0 Å². The van der Waals surface area contributed by atoms with E-state index in [1.54, 1.807) is 0 Å². The molecule has 0 bridgehead atoms. The van der Waals surface area contributed by atoms with Gasteiger partial charge in [0.2, 0.25) is 5.91 Å². The first-order chi connectivity index (χ1) is 9.25. The Kier molecular flexibility index (Phi) is 6.16. The van der Waals surface area contributed by atoms with Gasteiger partial charge in [-0.15, -0.1) is 0 Å². The number of benzene rings is 1. The van der Waals surface area contributed by atoms with Crippen LogP contribution < -0.4 is 11.1 Å². The second-order valence-electron chi connectivity index (χ2n) is 4.07. The maximum Gasteiger partial charge on any atom is 0.417 e. The molecule has 1 aromatic carbocycles. The number of thioether (sulfide) groups is 1. The van der Waals surface area contributed by atoms with Gasteiger partial charge in [-0.05, 0) is 36.6 Å². The van der Waals surface area contributed by atoms with Crippen LogP contribution in [0, 0.1) is 0 Å². The minimum absolute atomic E-state index is 0.0197. The van der Waals surface area contributed by atoms with E-state index >= 15 is 0 Å². The topological polar surface area (TPSA) is 55.1 Å². The van der Waals surface area contributed by atoms with Crippen molar-refractivity contribution in [1.29, 1.82) is 0 Å². The molecule has 8 heteroatoms. The number of carbonyl (C=O) groups excluding carboxylic acids is 1. The lowest BCUT2D eigenvalue weighted by molar-refractivity contribution is -0.137. The van der Waals surface area contributed by atoms with E-state index in [-0.39, 0.29) is 5.69 Å². The van der Waals surface area contributed by atoms with Gasteiger partial charge in [-0.2, -0.15) is 24.9 Å². The summed E-state index contributed by atoms with van der Waals surface area (Å²) in [7, 11) is 0.